The molecule has 1 aliphatic carbocycles. The van der Waals surface area contributed by atoms with Crippen LogP contribution in [-0.2, 0) is 14.3 Å². The lowest BCUT2D eigenvalue weighted by Crippen LogP contribution is -2.45. The lowest BCUT2D eigenvalue weighted by molar-refractivity contribution is -0.150. The van der Waals surface area contributed by atoms with Gasteiger partial charge in [-0.15, -0.1) is 0 Å². The van der Waals surface area contributed by atoms with Crippen LogP contribution in [-0.4, -0.2) is 36.2 Å². The summed E-state index contributed by atoms with van der Waals surface area (Å²) >= 11 is 0. The quantitative estimate of drug-likeness (QED) is 0.601. The van der Waals surface area contributed by atoms with Crippen molar-refractivity contribution in [3.63, 3.8) is 0 Å². The minimum absolute atomic E-state index is 0.0226. The number of phenols is 1. The fraction of sp³-hybridized carbons (Fsp3) is 0.500. The molecule has 142 valence electrons. The molecule has 2 rings (SSSR count). The SMILES string of the molecule is COc1cc(/C=C/C(=O)OC(C)C(=O)NC2CCCCC2C)ccc1O. The summed E-state index contributed by atoms with van der Waals surface area (Å²) in [6.07, 6.45) is 6.33. The van der Waals surface area contributed by atoms with E-state index in [0.717, 1.165) is 19.3 Å². The van der Waals surface area contributed by atoms with E-state index >= 15 is 0 Å². The minimum atomic E-state index is -0.851. The van der Waals surface area contributed by atoms with E-state index in [9.17, 15) is 14.7 Å². The first kappa shape index (κ1) is 19.8. The van der Waals surface area contributed by atoms with Gasteiger partial charge in [-0.05, 0) is 49.5 Å². The summed E-state index contributed by atoms with van der Waals surface area (Å²) in [6, 6.07) is 4.87. The molecular weight excluding hydrogens is 334 g/mol. The molecule has 0 spiro atoms. The largest absolute Gasteiger partial charge is 0.504 e. The van der Waals surface area contributed by atoms with E-state index in [-0.39, 0.29) is 17.7 Å². The maximum absolute atomic E-state index is 12.2. The molecule has 1 aromatic rings. The Morgan fingerprint density at radius 1 is 1.31 bits per heavy atom. The van der Waals surface area contributed by atoms with E-state index in [4.69, 9.17) is 9.47 Å². The van der Waals surface area contributed by atoms with Gasteiger partial charge in [-0.2, -0.15) is 0 Å². The predicted octanol–water partition coefficient (Wildman–Crippen LogP) is 3.04. The van der Waals surface area contributed by atoms with Gasteiger partial charge in [-0.3, -0.25) is 4.79 Å². The van der Waals surface area contributed by atoms with Gasteiger partial charge < -0.3 is 19.9 Å². The van der Waals surface area contributed by atoms with Crippen molar-refractivity contribution in [2.24, 2.45) is 5.92 Å². The number of carbonyl (C=O) groups is 2. The third-order valence-corrected chi connectivity index (χ3v) is 4.72. The number of hydrogen-bond donors (Lipinski definition) is 2. The molecule has 0 bridgehead atoms. The molecule has 0 aromatic heterocycles. The molecule has 0 aliphatic heterocycles. The Bertz CT molecular complexity index is 670. The summed E-state index contributed by atoms with van der Waals surface area (Å²) in [7, 11) is 1.45. The Labute approximate surface area is 154 Å². The number of phenolic OH excluding ortho intramolecular Hbond substituents is 1. The van der Waals surface area contributed by atoms with E-state index in [1.165, 1.54) is 31.7 Å². The number of ether oxygens (including phenoxy) is 2. The van der Waals surface area contributed by atoms with Crippen molar-refractivity contribution in [3.05, 3.63) is 29.8 Å². The number of methoxy groups -OCH3 is 1. The zero-order valence-corrected chi connectivity index (χ0v) is 15.5. The van der Waals surface area contributed by atoms with Gasteiger partial charge in [0.1, 0.15) is 0 Å². The zero-order chi connectivity index (χ0) is 19.1. The van der Waals surface area contributed by atoms with Crippen LogP contribution in [0.15, 0.2) is 24.3 Å². The summed E-state index contributed by atoms with van der Waals surface area (Å²) in [5, 5.41) is 12.5. The van der Waals surface area contributed by atoms with E-state index in [0.29, 0.717) is 17.2 Å². The third kappa shape index (κ3) is 5.51. The number of amides is 1. The highest BCUT2D eigenvalue weighted by Crippen LogP contribution is 2.27. The van der Waals surface area contributed by atoms with E-state index < -0.39 is 12.1 Å². The second kappa shape index (κ2) is 9.27. The van der Waals surface area contributed by atoms with Crippen molar-refractivity contribution in [1.82, 2.24) is 5.32 Å². The van der Waals surface area contributed by atoms with Crippen LogP contribution in [0.5, 0.6) is 11.5 Å². The summed E-state index contributed by atoms with van der Waals surface area (Å²) in [5.41, 5.74) is 0.671. The Balaban J connectivity index is 1.87. The van der Waals surface area contributed by atoms with Crippen LogP contribution in [0.1, 0.15) is 45.1 Å². The van der Waals surface area contributed by atoms with Gasteiger partial charge in [-0.1, -0.05) is 25.8 Å². The van der Waals surface area contributed by atoms with Gasteiger partial charge in [0, 0.05) is 12.1 Å². The van der Waals surface area contributed by atoms with Gasteiger partial charge in [0.15, 0.2) is 17.6 Å². The molecule has 3 atom stereocenters. The first-order chi connectivity index (χ1) is 12.4. The molecule has 0 radical (unpaired) electrons. The molecule has 1 fully saturated rings. The first-order valence-corrected chi connectivity index (χ1v) is 8.96. The average Bonchev–Trinajstić information content (AvgIpc) is 2.62. The maximum atomic E-state index is 12.2. The van der Waals surface area contributed by atoms with Crippen LogP contribution in [0, 0.1) is 5.92 Å². The summed E-state index contributed by atoms with van der Waals surface area (Å²) < 4.78 is 10.2. The van der Waals surface area contributed by atoms with Crippen molar-refractivity contribution in [1.29, 1.82) is 0 Å². The second-order valence-electron chi connectivity index (χ2n) is 6.72. The molecule has 1 amide bonds. The van der Waals surface area contributed by atoms with Gasteiger partial charge in [0.2, 0.25) is 0 Å². The molecular formula is C20H27NO5. The molecule has 0 heterocycles. The zero-order valence-electron chi connectivity index (χ0n) is 15.5. The molecule has 6 nitrogen and oxygen atoms in total. The molecule has 1 aromatic carbocycles. The Morgan fingerprint density at radius 3 is 2.73 bits per heavy atom. The summed E-state index contributed by atoms with van der Waals surface area (Å²) in [6.45, 7) is 3.70. The van der Waals surface area contributed by atoms with Crippen LogP contribution in [0.25, 0.3) is 6.08 Å². The van der Waals surface area contributed by atoms with Crippen molar-refractivity contribution in [3.8, 4) is 11.5 Å². The average molecular weight is 361 g/mol. The standard InChI is InChI=1S/C20H27NO5/c1-13-6-4-5-7-16(13)21-20(24)14(2)26-19(23)11-9-15-8-10-17(22)18(12-15)25-3/h8-14,16,22H,4-7H2,1-3H3,(H,21,24)/b11-9+. The molecule has 2 N–H and O–H groups in total. The summed E-state index contributed by atoms with van der Waals surface area (Å²) in [5.74, 6) is -0.0857. The normalized spacial score (nSPS) is 21.2. The van der Waals surface area contributed by atoms with Crippen molar-refractivity contribution in [2.45, 2.75) is 51.7 Å². The van der Waals surface area contributed by atoms with E-state index in [2.05, 4.69) is 12.2 Å². The molecule has 1 saturated carbocycles. The topological polar surface area (TPSA) is 84.9 Å². The molecule has 26 heavy (non-hydrogen) atoms. The van der Waals surface area contributed by atoms with E-state index in [1.54, 1.807) is 19.1 Å². The molecule has 6 heteroatoms. The lowest BCUT2D eigenvalue weighted by atomic mass is 9.86. The highest BCUT2D eigenvalue weighted by Gasteiger charge is 2.25. The van der Waals surface area contributed by atoms with Crippen LogP contribution >= 0.6 is 0 Å². The first-order valence-electron chi connectivity index (χ1n) is 8.96. The number of rotatable bonds is 6. The lowest BCUT2D eigenvalue weighted by Gasteiger charge is -2.30. The number of hydrogen-bond acceptors (Lipinski definition) is 5. The fourth-order valence-corrected chi connectivity index (χ4v) is 3.06. The monoisotopic (exact) mass is 361 g/mol. The Hall–Kier alpha value is -2.50. The van der Waals surface area contributed by atoms with Gasteiger partial charge in [0.25, 0.3) is 5.91 Å². The highest BCUT2D eigenvalue weighted by molar-refractivity contribution is 5.90. The van der Waals surface area contributed by atoms with Crippen LogP contribution in [0.3, 0.4) is 0 Å². The van der Waals surface area contributed by atoms with Crippen LogP contribution in [0.2, 0.25) is 0 Å². The number of benzene rings is 1. The summed E-state index contributed by atoms with van der Waals surface area (Å²) in [4.78, 5) is 24.2. The van der Waals surface area contributed by atoms with Gasteiger partial charge in [-0.25, -0.2) is 4.79 Å². The molecule has 0 saturated heterocycles. The van der Waals surface area contributed by atoms with E-state index in [1.807, 2.05) is 0 Å². The number of nitrogens with one attached hydrogen (secondary N) is 1. The maximum Gasteiger partial charge on any atom is 0.331 e. The van der Waals surface area contributed by atoms with Crippen molar-refractivity contribution < 1.29 is 24.2 Å². The number of carbonyl (C=O) groups excluding carboxylic acids is 2. The van der Waals surface area contributed by atoms with Crippen LogP contribution < -0.4 is 10.1 Å². The number of aromatic hydroxyl groups is 1. The minimum Gasteiger partial charge on any atom is -0.504 e. The van der Waals surface area contributed by atoms with Gasteiger partial charge >= 0.3 is 5.97 Å². The third-order valence-electron chi connectivity index (χ3n) is 4.72. The Morgan fingerprint density at radius 2 is 2.04 bits per heavy atom. The van der Waals surface area contributed by atoms with Gasteiger partial charge in [0.05, 0.1) is 7.11 Å². The molecule has 3 unspecified atom stereocenters. The second-order valence-corrected chi connectivity index (χ2v) is 6.72. The number of esters is 1. The predicted molar refractivity (Wildman–Crippen MR) is 98.8 cm³/mol. The highest BCUT2D eigenvalue weighted by atomic mass is 16.5. The Kier molecular flexibility index (Phi) is 7.06. The van der Waals surface area contributed by atoms with Crippen LogP contribution in [0.4, 0.5) is 0 Å². The smallest absolute Gasteiger partial charge is 0.331 e. The fourth-order valence-electron chi connectivity index (χ4n) is 3.06. The molecule has 1 aliphatic rings. The van der Waals surface area contributed by atoms with Crippen molar-refractivity contribution in [2.75, 3.05) is 7.11 Å². The van der Waals surface area contributed by atoms with Crippen molar-refractivity contribution >= 4 is 18.0 Å².